The quantitative estimate of drug-likeness (QED) is 0.884. The van der Waals surface area contributed by atoms with E-state index >= 15 is 0 Å². The number of nitrogens with one attached hydrogen (secondary N) is 1. The van der Waals surface area contributed by atoms with E-state index in [1.165, 1.54) is 50.2 Å². The molecule has 124 valence electrons. The molecule has 0 saturated carbocycles. The maximum absolute atomic E-state index is 13.2. The summed E-state index contributed by atoms with van der Waals surface area (Å²) in [5.41, 5.74) is 3.35. The van der Waals surface area contributed by atoms with Crippen molar-refractivity contribution in [1.29, 1.82) is 0 Å². The fourth-order valence-corrected chi connectivity index (χ4v) is 3.49. The fraction of sp³-hybridized carbons (Fsp3) is 0.526. The summed E-state index contributed by atoms with van der Waals surface area (Å²) in [4.78, 5) is 2.58. The van der Waals surface area contributed by atoms with E-state index in [4.69, 9.17) is 0 Å². The number of hydrogen-bond acceptors (Lipinski definition) is 2. The molecule has 1 N–H and O–H groups in total. The van der Waals surface area contributed by atoms with Crippen molar-refractivity contribution in [3.05, 3.63) is 42.0 Å². The summed E-state index contributed by atoms with van der Waals surface area (Å²) in [6, 6.07) is 6.71. The first-order chi connectivity index (χ1) is 11.2. The Morgan fingerprint density at radius 2 is 2.13 bits per heavy atom. The Balaban J connectivity index is 1.77. The molecule has 1 aliphatic heterocycles. The molecule has 2 atom stereocenters. The third kappa shape index (κ3) is 3.81. The van der Waals surface area contributed by atoms with Gasteiger partial charge in [0.1, 0.15) is 5.82 Å². The second-order valence-corrected chi connectivity index (χ2v) is 6.82. The van der Waals surface area contributed by atoms with Crippen LogP contribution >= 0.6 is 0 Å². The van der Waals surface area contributed by atoms with Crippen LogP contribution in [0.15, 0.2) is 30.5 Å². The van der Waals surface area contributed by atoms with Crippen LogP contribution in [0, 0.1) is 11.7 Å². The van der Waals surface area contributed by atoms with Crippen molar-refractivity contribution < 1.29 is 4.39 Å². The maximum Gasteiger partial charge on any atom is 0.123 e. The number of piperidine rings is 1. The molecule has 0 bridgehead atoms. The molecule has 3 nitrogen and oxygen atoms in total. The van der Waals surface area contributed by atoms with Crippen molar-refractivity contribution in [2.75, 3.05) is 19.6 Å². The van der Waals surface area contributed by atoms with E-state index in [0.29, 0.717) is 5.92 Å². The van der Waals surface area contributed by atoms with Crippen LogP contribution in [-0.2, 0) is 0 Å². The average molecular weight is 315 g/mol. The Morgan fingerprint density at radius 3 is 2.87 bits per heavy atom. The first-order valence-electron chi connectivity index (χ1n) is 8.69. The Kier molecular flexibility index (Phi) is 5.11. The zero-order valence-corrected chi connectivity index (χ0v) is 14.1. The van der Waals surface area contributed by atoms with Gasteiger partial charge >= 0.3 is 0 Å². The first kappa shape index (κ1) is 16.2. The van der Waals surface area contributed by atoms with Crippen molar-refractivity contribution in [2.45, 2.75) is 39.0 Å². The van der Waals surface area contributed by atoms with E-state index in [0.717, 1.165) is 23.6 Å². The summed E-state index contributed by atoms with van der Waals surface area (Å²) in [6.45, 7) is 8.03. The highest BCUT2D eigenvalue weighted by Gasteiger charge is 2.25. The Bertz CT molecular complexity index is 620. The summed E-state index contributed by atoms with van der Waals surface area (Å²) in [5, 5.41) is 7.47. The minimum absolute atomic E-state index is 0.198. The average Bonchev–Trinajstić information content (AvgIpc) is 3.05. The molecule has 2 heterocycles. The Morgan fingerprint density at radius 1 is 1.35 bits per heavy atom. The minimum Gasteiger partial charge on any atom is -0.302 e. The highest BCUT2D eigenvalue weighted by atomic mass is 19.1. The molecular weight excluding hydrogens is 289 g/mol. The molecule has 1 aromatic heterocycles. The summed E-state index contributed by atoms with van der Waals surface area (Å²) >= 11 is 0. The van der Waals surface area contributed by atoms with E-state index in [9.17, 15) is 4.39 Å². The number of halogens is 1. The summed E-state index contributed by atoms with van der Waals surface area (Å²) in [7, 11) is 0. The van der Waals surface area contributed by atoms with Crippen LogP contribution in [-0.4, -0.2) is 34.7 Å². The van der Waals surface area contributed by atoms with Crippen molar-refractivity contribution in [3.63, 3.8) is 0 Å². The monoisotopic (exact) mass is 315 g/mol. The lowest BCUT2D eigenvalue weighted by Gasteiger charge is -2.34. The number of H-pyrrole nitrogens is 1. The normalized spacial score (nSPS) is 20.6. The number of likely N-dealkylation sites (tertiary alicyclic amines) is 1. The van der Waals surface area contributed by atoms with E-state index in [-0.39, 0.29) is 5.82 Å². The molecule has 3 rings (SSSR count). The molecular formula is C19H26FN3. The van der Waals surface area contributed by atoms with E-state index < -0.39 is 0 Å². The number of benzene rings is 1. The largest absolute Gasteiger partial charge is 0.302 e. The van der Waals surface area contributed by atoms with Crippen LogP contribution in [0.3, 0.4) is 0 Å². The highest BCUT2D eigenvalue weighted by molar-refractivity contribution is 5.65. The van der Waals surface area contributed by atoms with Gasteiger partial charge in [0.05, 0.1) is 6.20 Å². The number of hydrogen-bond donors (Lipinski definition) is 1. The van der Waals surface area contributed by atoms with Gasteiger partial charge in [-0.1, -0.05) is 32.4 Å². The number of rotatable bonds is 5. The molecule has 0 spiro atoms. The molecule has 0 aliphatic carbocycles. The zero-order chi connectivity index (χ0) is 16.2. The molecule has 1 fully saturated rings. The molecule has 1 aromatic carbocycles. The van der Waals surface area contributed by atoms with Gasteiger partial charge in [0, 0.05) is 30.3 Å². The number of aromatic nitrogens is 2. The van der Waals surface area contributed by atoms with Crippen LogP contribution in [0.4, 0.5) is 4.39 Å². The lowest BCUT2D eigenvalue weighted by atomic mass is 9.90. The topological polar surface area (TPSA) is 31.9 Å². The second kappa shape index (κ2) is 7.26. The Hall–Kier alpha value is -1.68. The first-order valence-corrected chi connectivity index (χ1v) is 8.69. The van der Waals surface area contributed by atoms with E-state index in [1.807, 2.05) is 18.3 Å². The number of nitrogens with zero attached hydrogens (tertiary/aromatic N) is 2. The lowest BCUT2D eigenvalue weighted by Crippen LogP contribution is -2.37. The van der Waals surface area contributed by atoms with Crippen LogP contribution < -0.4 is 0 Å². The van der Waals surface area contributed by atoms with Crippen molar-refractivity contribution >= 4 is 0 Å². The van der Waals surface area contributed by atoms with Gasteiger partial charge in [-0.2, -0.15) is 5.10 Å². The highest BCUT2D eigenvalue weighted by Crippen LogP contribution is 2.33. The van der Waals surface area contributed by atoms with E-state index in [1.54, 1.807) is 0 Å². The summed E-state index contributed by atoms with van der Waals surface area (Å²) < 4.78 is 13.2. The standard InChI is InChI=1S/C19H26FN3/c1-3-14(2)12-23-10-4-5-16(13-23)19-18(11-21-22-19)15-6-8-17(20)9-7-15/h6-9,11,14,16H,3-5,10,12-13H2,1-2H3,(H,21,22)/t14-,16+/m0/s1. The van der Waals surface area contributed by atoms with Crippen molar-refractivity contribution in [3.8, 4) is 11.1 Å². The molecule has 0 amide bonds. The van der Waals surface area contributed by atoms with Gasteiger partial charge in [-0.15, -0.1) is 0 Å². The van der Waals surface area contributed by atoms with Crippen molar-refractivity contribution in [1.82, 2.24) is 15.1 Å². The van der Waals surface area contributed by atoms with Crippen LogP contribution in [0.2, 0.25) is 0 Å². The van der Waals surface area contributed by atoms with Gasteiger partial charge in [-0.25, -0.2) is 4.39 Å². The summed E-state index contributed by atoms with van der Waals surface area (Å²) in [5.74, 6) is 1.03. The third-order valence-corrected chi connectivity index (χ3v) is 5.00. The third-order valence-electron chi connectivity index (χ3n) is 5.00. The lowest BCUT2D eigenvalue weighted by molar-refractivity contribution is 0.180. The fourth-order valence-electron chi connectivity index (χ4n) is 3.49. The van der Waals surface area contributed by atoms with Crippen LogP contribution in [0.25, 0.3) is 11.1 Å². The van der Waals surface area contributed by atoms with Gasteiger partial charge in [-0.3, -0.25) is 5.10 Å². The van der Waals surface area contributed by atoms with Crippen LogP contribution in [0.5, 0.6) is 0 Å². The molecule has 0 radical (unpaired) electrons. The van der Waals surface area contributed by atoms with Crippen molar-refractivity contribution in [2.24, 2.45) is 5.92 Å². The number of aromatic amines is 1. The molecule has 23 heavy (non-hydrogen) atoms. The Labute approximate surface area is 137 Å². The SMILES string of the molecule is CC[C@H](C)CN1CCC[C@@H](c2[nH]ncc2-c2ccc(F)cc2)C1. The summed E-state index contributed by atoms with van der Waals surface area (Å²) in [6.07, 6.45) is 5.51. The maximum atomic E-state index is 13.2. The van der Waals surface area contributed by atoms with Gasteiger partial charge in [-0.05, 0) is 43.0 Å². The molecule has 1 saturated heterocycles. The van der Waals surface area contributed by atoms with Gasteiger partial charge in [0.15, 0.2) is 0 Å². The molecule has 2 aromatic rings. The predicted molar refractivity (Wildman–Crippen MR) is 91.9 cm³/mol. The van der Waals surface area contributed by atoms with E-state index in [2.05, 4.69) is 28.9 Å². The predicted octanol–water partition coefficient (Wildman–Crippen LogP) is 4.44. The smallest absolute Gasteiger partial charge is 0.123 e. The molecule has 4 heteroatoms. The van der Waals surface area contributed by atoms with Crippen LogP contribution in [0.1, 0.15) is 44.7 Å². The molecule has 1 aliphatic rings. The minimum atomic E-state index is -0.198. The molecule has 0 unspecified atom stereocenters. The van der Waals surface area contributed by atoms with Gasteiger partial charge < -0.3 is 4.90 Å². The zero-order valence-electron chi connectivity index (χ0n) is 14.1. The van der Waals surface area contributed by atoms with Gasteiger partial charge in [0.2, 0.25) is 0 Å². The van der Waals surface area contributed by atoms with Gasteiger partial charge in [0.25, 0.3) is 0 Å². The second-order valence-electron chi connectivity index (χ2n) is 6.82.